The van der Waals surface area contributed by atoms with Crippen molar-refractivity contribution in [1.82, 2.24) is 4.98 Å². The number of aromatic nitrogens is 1. The van der Waals surface area contributed by atoms with Crippen LogP contribution in [0.1, 0.15) is 45.5 Å². The third-order valence-electron chi connectivity index (χ3n) is 2.99. The summed E-state index contributed by atoms with van der Waals surface area (Å²) in [5.74, 6) is -3.76. The van der Waals surface area contributed by atoms with E-state index in [1.165, 1.54) is 0 Å². The number of methoxy groups -OCH3 is 1. The van der Waals surface area contributed by atoms with Gasteiger partial charge in [-0.3, -0.25) is 0 Å². The van der Waals surface area contributed by atoms with Crippen molar-refractivity contribution in [2.45, 2.75) is 25.7 Å². The lowest BCUT2D eigenvalue weighted by Crippen LogP contribution is -2.23. The molecule has 1 aromatic rings. The molecule has 1 rings (SSSR count). The van der Waals surface area contributed by atoms with Gasteiger partial charge in [0.25, 0.3) is 6.43 Å². The van der Waals surface area contributed by atoms with Crippen molar-refractivity contribution in [2.24, 2.45) is 4.99 Å². The molecule has 29 heavy (non-hydrogen) atoms. The highest BCUT2D eigenvalue weighted by Gasteiger charge is 2.44. The first-order chi connectivity index (χ1) is 13.2. The zero-order valence-electron chi connectivity index (χ0n) is 14.2. The lowest BCUT2D eigenvalue weighted by Gasteiger charge is -2.18. The maximum atomic E-state index is 13.3. The fraction of sp³-hybridized carbons (Fsp3) is 0.429. The topological polar surface area (TPSA) is 77.8 Å². The van der Waals surface area contributed by atoms with Crippen LogP contribution < -0.4 is 0 Å². The predicted molar refractivity (Wildman–Crippen MR) is 80.5 cm³/mol. The number of carbonyl (C=O) groups excluding carboxylic acids is 2. The van der Waals surface area contributed by atoms with E-state index in [0.717, 1.165) is 6.92 Å². The van der Waals surface area contributed by atoms with E-state index in [-0.39, 0.29) is 0 Å². The first kappa shape index (κ1) is 24.5. The summed E-state index contributed by atoms with van der Waals surface area (Å²) >= 11 is 4.90. The number of carbonyl (C=O) groups is 2. The van der Waals surface area contributed by atoms with Crippen LogP contribution in [0.25, 0.3) is 0 Å². The number of aliphatic imine (C=N–C) groups is 1. The third-order valence-corrected chi connectivity index (χ3v) is 3.29. The van der Waals surface area contributed by atoms with Crippen LogP contribution in [-0.4, -0.2) is 42.0 Å². The van der Waals surface area contributed by atoms with E-state index in [9.17, 15) is 44.7 Å². The Balaban J connectivity index is 4.25. The van der Waals surface area contributed by atoms with Crippen molar-refractivity contribution in [3.63, 3.8) is 0 Å². The van der Waals surface area contributed by atoms with Crippen LogP contribution >= 0.6 is 11.6 Å². The minimum absolute atomic E-state index is 0.559. The predicted octanol–water partition coefficient (Wildman–Crippen LogP) is 4.83. The van der Waals surface area contributed by atoms with E-state index in [0.29, 0.717) is 7.11 Å². The highest BCUT2D eigenvalue weighted by Crippen LogP contribution is 2.41. The Hall–Kier alpha value is -2.51. The molecule has 0 saturated carbocycles. The summed E-state index contributed by atoms with van der Waals surface area (Å²) in [5.41, 5.74) is -9.45. The van der Waals surface area contributed by atoms with Gasteiger partial charge in [-0.2, -0.15) is 26.3 Å². The molecule has 162 valence electrons. The molecule has 1 heterocycles. The number of hydrogen-bond donors (Lipinski definition) is 0. The summed E-state index contributed by atoms with van der Waals surface area (Å²) < 4.78 is 113. The van der Waals surface area contributed by atoms with Gasteiger partial charge in [0.15, 0.2) is 5.69 Å². The number of rotatable bonds is 5. The summed E-state index contributed by atoms with van der Waals surface area (Å²) in [6.45, 7) is 0.579. The Labute approximate surface area is 161 Å². The molecule has 0 aliphatic rings. The second-order valence-corrected chi connectivity index (χ2v) is 5.21. The molecule has 0 aromatic carbocycles. The Morgan fingerprint density at radius 1 is 1.10 bits per heavy atom. The summed E-state index contributed by atoms with van der Waals surface area (Å²) in [5, 5.41) is -2.35. The normalized spacial score (nSPS) is 12.9. The number of ether oxygens (including phenoxy) is 2. The van der Waals surface area contributed by atoms with Gasteiger partial charge in [-0.25, -0.2) is 28.3 Å². The standard InChI is InChI=1S/C14H9ClF8N2O4/c1-3-29-11(27)5-6(25-12(15)14(21,22)23)4(10(26)28-2)7(9(16)17)24-8(5)13(18,19)20/h9H,3H2,1-2H3/b25-12-. The van der Waals surface area contributed by atoms with Crippen LogP contribution in [0.4, 0.5) is 40.8 Å². The van der Waals surface area contributed by atoms with Gasteiger partial charge in [-0.1, -0.05) is 11.6 Å². The van der Waals surface area contributed by atoms with Crippen LogP contribution in [0, 0.1) is 0 Å². The van der Waals surface area contributed by atoms with Crippen molar-refractivity contribution in [1.29, 1.82) is 0 Å². The number of nitrogens with zero attached hydrogens (tertiary/aromatic N) is 2. The highest BCUT2D eigenvalue weighted by atomic mass is 35.5. The van der Waals surface area contributed by atoms with E-state index in [1.54, 1.807) is 0 Å². The van der Waals surface area contributed by atoms with Gasteiger partial charge in [0, 0.05) is 0 Å². The summed E-state index contributed by atoms with van der Waals surface area (Å²) in [6.07, 6.45) is -15.0. The van der Waals surface area contributed by atoms with Gasteiger partial charge in [-0.15, -0.1) is 0 Å². The fourth-order valence-corrected chi connectivity index (χ4v) is 2.01. The van der Waals surface area contributed by atoms with E-state index in [4.69, 9.17) is 11.6 Å². The minimum atomic E-state index is -5.62. The largest absolute Gasteiger partial charge is 0.465 e. The van der Waals surface area contributed by atoms with Crippen LogP contribution in [0.3, 0.4) is 0 Å². The van der Waals surface area contributed by atoms with Gasteiger partial charge < -0.3 is 9.47 Å². The number of alkyl halides is 8. The molecule has 6 nitrogen and oxygen atoms in total. The molecule has 0 N–H and O–H groups in total. The molecule has 0 bridgehead atoms. The van der Waals surface area contributed by atoms with Gasteiger partial charge in [-0.05, 0) is 6.92 Å². The maximum absolute atomic E-state index is 13.3. The summed E-state index contributed by atoms with van der Waals surface area (Å²) in [6, 6.07) is 0. The monoisotopic (exact) mass is 456 g/mol. The Morgan fingerprint density at radius 2 is 1.66 bits per heavy atom. The van der Waals surface area contributed by atoms with Crippen LogP contribution in [0.15, 0.2) is 4.99 Å². The maximum Gasteiger partial charge on any atom is 0.444 e. The molecule has 0 aliphatic heterocycles. The van der Waals surface area contributed by atoms with Crippen molar-refractivity contribution in [3.05, 3.63) is 22.5 Å². The Kier molecular flexibility index (Phi) is 7.51. The number of halogens is 9. The lowest BCUT2D eigenvalue weighted by molar-refractivity contribution is -0.142. The second kappa shape index (κ2) is 8.88. The number of pyridine rings is 1. The molecule has 0 saturated heterocycles. The van der Waals surface area contributed by atoms with Crippen LogP contribution in [0.5, 0.6) is 0 Å². The minimum Gasteiger partial charge on any atom is -0.465 e. The SMILES string of the molecule is CCOC(=O)c1c(C(F)(F)F)nc(C(F)F)c(C(=O)OC)c1/N=C(\Cl)C(F)(F)F. The molecule has 15 heteroatoms. The second-order valence-electron chi connectivity index (χ2n) is 4.86. The molecule has 0 unspecified atom stereocenters. The molecular weight excluding hydrogens is 448 g/mol. The van der Waals surface area contributed by atoms with Gasteiger partial charge in [0.1, 0.15) is 16.8 Å². The lowest BCUT2D eigenvalue weighted by atomic mass is 10.0. The molecule has 0 spiro atoms. The fourth-order valence-electron chi connectivity index (χ4n) is 1.93. The summed E-state index contributed by atoms with van der Waals surface area (Å²) in [4.78, 5) is 29.1. The quantitative estimate of drug-likeness (QED) is 0.360. The van der Waals surface area contributed by atoms with E-state index >= 15 is 0 Å². The van der Waals surface area contributed by atoms with Gasteiger partial charge in [0.05, 0.1) is 19.4 Å². The zero-order valence-corrected chi connectivity index (χ0v) is 15.0. The molecule has 1 aromatic heterocycles. The highest BCUT2D eigenvalue weighted by molar-refractivity contribution is 6.67. The van der Waals surface area contributed by atoms with Crippen molar-refractivity contribution in [3.8, 4) is 0 Å². The molecule has 0 radical (unpaired) electrons. The molecule has 0 atom stereocenters. The smallest absolute Gasteiger partial charge is 0.444 e. The van der Waals surface area contributed by atoms with Gasteiger partial charge >= 0.3 is 24.3 Å². The molecule has 0 aliphatic carbocycles. The van der Waals surface area contributed by atoms with Crippen molar-refractivity contribution < 1.29 is 54.2 Å². The van der Waals surface area contributed by atoms with Crippen LogP contribution in [0.2, 0.25) is 0 Å². The Bertz CT molecular complexity index is 836. The van der Waals surface area contributed by atoms with Crippen molar-refractivity contribution >= 4 is 34.4 Å². The van der Waals surface area contributed by atoms with Gasteiger partial charge in [0.2, 0.25) is 5.17 Å². The zero-order chi connectivity index (χ0) is 22.7. The number of esters is 2. The summed E-state index contributed by atoms with van der Waals surface area (Å²) in [7, 11) is 0.595. The van der Waals surface area contributed by atoms with Crippen LogP contribution in [-0.2, 0) is 15.7 Å². The van der Waals surface area contributed by atoms with E-state index in [2.05, 4.69) is 19.5 Å². The van der Waals surface area contributed by atoms with E-state index < -0.39 is 70.7 Å². The Morgan fingerprint density at radius 3 is 2.03 bits per heavy atom. The molecule has 0 fully saturated rings. The first-order valence-corrected chi connectivity index (χ1v) is 7.54. The first-order valence-electron chi connectivity index (χ1n) is 7.16. The number of hydrogen-bond acceptors (Lipinski definition) is 6. The average Bonchev–Trinajstić information content (AvgIpc) is 2.58. The molecule has 0 amide bonds. The van der Waals surface area contributed by atoms with E-state index in [1.807, 2.05) is 0 Å². The molecular formula is C14H9ClF8N2O4. The average molecular weight is 457 g/mol. The third kappa shape index (κ3) is 5.52. The van der Waals surface area contributed by atoms with Crippen molar-refractivity contribution in [2.75, 3.05) is 13.7 Å².